The Morgan fingerprint density at radius 1 is 1.42 bits per heavy atom. The van der Waals surface area contributed by atoms with Crippen molar-refractivity contribution in [2.24, 2.45) is 0 Å². The molecule has 4 heteroatoms. The molecule has 1 aliphatic rings. The van der Waals surface area contributed by atoms with Crippen LogP contribution in [0.5, 0.6) is 0 Å². The molecule has 0 aliphatic carbocycles. The van der Waals surface area contributed by atoms with Gasteiger partial charge in [-0.3, -0.25) is 0 Å². The molecule has 1 fully saturated rings. The topological polar surface area (TPSA) is 64.5 Å². The fraction of sp³-hybridized carbons (Fsp3) is 1.00. The highest BCUT2D eigenvalue weighted by atomic mass is 16.3. The SMILES string of the molecule is OCC(CO)NCC1CCCN1. The molecule has 1 atom stereocenters. The maximum absolute atomic E-state index is 8.76. The van der Waals surface area contributed by atoms with E-state index >= 15 is 0 Å². The number of rotatable bonds is 5. The second kappa shape index (κ2) is 5.48. The molecule has 4 N–H and O–H groups in total. The van der Waals surface area contributed by atoms with Crippen LogP contribution < -0.4 is 10.6 Å². The third-order valence-electron chi connectivity index (χ3n) is 2.26. The van der Waals surface area contributed by atoms with Crippen molar-refractivity contribution in [3.8, 4) is 0 Å². The van der Waals surface area contributed by atoms with Gasteiger partial charge in [-0.25, -0.2) is 0 Å². The zero-order valence-corrected chi connectivity index (χ0v) is 7.29. The molecule has 0 aromatic heterocycles. The average Bonchev–Trinajstić information content (AvgIpc) is 2.59. The monoisotopic (exact) mass is 174 g/mol. The van der Waals surface area contributed by atoms with Gasteiger partial charge in [0.05, 0.1) is 19.3 Å². The Bertz CT molecular complexity index is 110. The van der Waals surface area contributed by atoms with Crippen LogP contribution in [0.4, 0.5) is 0 Å². The van der Waals surface area contributed by atoms with E-state index in [9.17, 15) is 0 Å². The molecule has 72 valence electrons. The molecular formula is C8H18N2O2. The van der Waals surface area contributed by atoms with Gasteiger partial charge in [-0.2, -0.15) is 0 Å². The van der Waals surface area contributed by atoms with Crippen LogP contribution in [0.25, 0.3) is 0 Å². The Labute approximate surface area is 73.0 Å². The van der Waals surface area contributed by atoms with Crippen molar-refractivity contribution in [2.45, 2.75) is 24.9 Å². The largest absolute Gasteiger partial charge is 0.395 e. The molecule has 0 radical (unpaired) electrons. The summed E-state index contributed by atoms with van der Waals surface area (Å²) in [6.45, 7) is 1.94. The summed E-state index contributed by atoms with van der Waals surface area (Å²) < 4.78 is 0. The molecule has 1 rings (SSSR count). The van der Waals surface area contributed by atoms with E-state index in [1.54, 1.807) is 0 Å². The van der Waals surface area contributed by atoms with Gasteiger partial charge in [0.2, 0.25) is 0 Å². The summed E-state index contributed by atoms with van der Waals surface area (Å²) in [5, 5.41) is 23.9. The Balaban J connectivity index is 2.06. The van der Waals surface area contributed by atoms with E-state index < -0.39 is 0 Å². The number of nitrogens with one attached hydrogen (secondary N) is 2. The lowest BCUT2D eigenvalue weighted by Gasteiger charge is -2.16. The molecule has 1 aliphatic heterocycles. The van der Waals surface area contributed by atoms with Gasteiger partial charge < -0.3 is 20.8 Å². The van der Waals surface area contributed by atoms with Crippen LogP contribution in [0.2, 0.25) is 0 Å². The number of hydrogen-bond donors (Lipinski definition) is 4. The quantitative estimate of drug-likeness (QED) is 0.417. The highest BCUT2D eigenvalue weighted by molar-refractivity contribution is 4.78. The van der Waals surface area contributed by atoms with E-state index in [-0.39, 0.29) is 19.3 Å². The highest BCUT2D eigenvalue weighted by Gasteiger charge is 2.14. The van der Waals surface area contributed by atoms with Crippen molar-refractivity contribution >= 4 is 0 Å². The normalized spacial score (nSPS) is 23.8. The summed E-state index contributed by atoms with van der Waals surface area (Å²) in [6.07, 6.45) is 2.42. The number of hydrogen-bond acceptors (Lipinski definition) is 4. The summed E-state index contributed by atoms with van der Waals surface area (Å²) in [4.78, 5) is 0. The van der Waals surface area contributed by atoms with Crippen molar-refractivity contribution in [1.82, 2.24) is 10.6 Å². The van der Waals surface area contributed by atoms with Gasteiger partial charge in [0.1, 0.15) is 0 Å². The van der Waals surface area contributed by atoms with Crippen molar-refractivity contribution in [3.05, 3.63) is 0 Å². The van der Waals surface area contributed by atoms with Crippen molar-refractivity contribution in [2.75, 3.05) is 26.3 Å². The standard InChI is InChI=1S/C8H18N2O2/c11-5-8(6-12)10-4-7-2-1-3-9-7/h7-12H,1-6H2. The predicted molar refractivity (Wildman–Crippen MR) is 47.0 cm³/mol. The smallest absolute Gasteiger partial charge is 0.0607 e. The zero-order valence-electron chi connectivity index (χ0n) is 7.29. The van der Waals surface area contributed by atoms with Crippen molar-refractivity contribution < 1.29 is 10.2 Å². The van der Waals surface area contributed by atoms with Crippen LogP contribution in [0.1, 0.15) is 12.8 Å². The fourth-order valence-corrected chi connectivity index (χ4v) is 1.43. The summed E-state index contributed by atoms with van der Waals surface area (Å²) in [5.41, 5.74) is 0. The van der Waals surface area contributed by atoms with E-state index in [0.29, 0.717) is 6.04 Å². The molecule has 1 unspecified atom stereocenters. The van der Waals surface area contributed by atoms with Gasteiger partial charge in [-0.1, -0.05) is 0 Å². The molecule has 12 heavy (non-hydrogen) atoms. The molecule has 0 amide bonds. The maximum Gasteiger partial charge on any atom is 0.0607 e. The van der Waals surface area contributed by atoms with Crippen LogP contribution in [-0.4, -0.2) is 48.6 Å². The fourth-order valence-electron chi connectivity index (χ4n) is 1.43. The van der Waals surface area contributed by atoms with E-state index in [0.717, 1.165) is 13.1 Å². The van der Waals surface area contributed by atoms with Crippen molar-refractivity contribution in [1.29, 1.82) is 0 Å². The summed E-state index contributed by atoms with van der Waals surface area (Å²) >= 11 is 0. The molecule has 0 saturated carbocycles. The molecule has 0 spiro atoms. The Hall–Kier alpha value is -0.160. The Morgan fingerprint density at radius 3 is 2.67 bits per heavy atom. The van der Waals surface area contributed by atoms with Crippen LogP contribution in [-0.2, 0) is 0 Å². The van der Waals surface area contributed by atoms with Crippen LogP contribution in [0.15, 0.2) is 0 Å². The highest BCUT2D eigenvalue weighted by Crippen LogP contribution is 2.03. The van der Waals surface area contributed by atoms with Gasteiger partial charge in [-0.15, -0.1) is 0 Å². The van der Waals surface area contributed by atoms with Gasteiger partial charge in [0.15, 0.2) is 0 Å². The molecule has 0 bridgehead atoms. The Morgan fingerprint density at radius 2 is 2.17 bits per heavy atom. The minimum Gasteiger partial charge on any atom is -0.395 e. The third kappa shape index (κ3) is 3.06. The summed E-state index contributed by atoms with van der Waals surface area (Å²) in [6, 6.07) is 0.359. The van der Waals surface area contributed by atoms with Crippen LogP contribution in [0, 0.1) is 0 Å². The number of aliphatic hydroxyl groups excluding tert-OH is 2. The average molecular weight is 174 g/mol. The molecular weight excluding hydrogens is 156 g/mol. The molecule has 0 aromatic rings. The predicted octanol–water partition coefficient (Wildman–Crippen LogP) is -1.32. The van der Waals surface area contributed by atoms with Gasteiger partial charge in [0, 0.05) is 12.6 Å². The van der Waals surface area contributed by atoms with E-state index in [1.807, 2.05) is 0 Å². The minimum absolute atomic E-state index is 0.00319. The second-order valence-corrected chi connectivity index (χ2v) is 3.26. The Kier molecular flexibility index (Phi) is 4.53. The molecule has 1 saturated heterocycles. The van der Waals surface area contributed by atoms with Crippen LogP contribution >= 0.6 is 0 Å². The van der Waals surface area contributed by atoms with E-state index in [4.69, 9.17) is 10.2 Å². The lowest BCUT2D eigenvalue weighted by atomic mass is 10.2. The molecule has 4 nitrogen and oxygen atoms in total. The van der Waals surface area contributed by atoms with Crippen molar-refractivity contribution in [3.63, 3.8) is 0 Å². The first kappa shape index (κ1) is 9.92. The summed E-state index contributed by atoms with van der Waals surface area (Å²) in [7, 11) is 0. The summed E-state index contributed by atoms with van der Waals surface area (Å²) in [5.74, 6) is 0. The minimum atomic E-state index is -0.160. The maximum atomic E-state index is 8.76. The first-order chi connectivity index (χ1) is 5.86. The first-order valence-electron chi connectivity index (χ1n) is 4.55. The lowest BCUT2D eigenvalue weighted by molar-refractivity contribution is 0.169. The van der Waals surface area contributed by atoms with Gasteiger partial charge in [0.25, 0.3) is 0 Å². The van der Waals surface area contributed by atoms with E-state index in [1.165, 1.54) is 12.8 Å². The van der Waals surface area contributed by atoms with E-state index in [2.05, 4.69) is 10.6 Å². The van der Waals surface area contributed by atoms with Gasteiger partial charge >= 0.3 is 0 Å². The van der Waals surface area contributed by atoms with Gasteiger partial charge in [-0.05, 0) is 19.4 Å². The molecule has 1 heterocycles. The first-order valence-corrected chi connectivity index (χ1v) is 4.55. The third-order valence-corrected chi connectivity index (χ3v) is 2.26. The zero-order chi connectivity index (χ0) is 8.81. The molecule has 0 aromatic carbocycles. The number of aliphatic hydroxyl groups is 2. The lowest BCUT2D eigenvalue weighted by Crippen LogP contribution is -2.43. The van der Waals surface area contributed by atoms with Crippen LogP contribution in [0.3, 0.4) is 0 Å². The second-order valence-electron chi connectivity index (χ2n) is 3.26.